The lowest BCUT2D eigenvalue weighted by Gasteiger charge is -2.11. The maximum atomic E-state index is 12.8. The predicted octanol–water partition coefficient (Wildman–Crippen LogP) is 2.36. The van der Waals surface area contributed by atoms with Crippen molar-refractivity contribution in [2.24, 2.45) is 11.7 Å². The molecule has 1 atom stereocenters. The van der Waals surface area contributed by atoms with Crippen LogP contribution in [-0.4, -0.2) is 21.7 Å². The summed E-state index contributed by atoms with van der Waals surface area (Å²) in [7, 11) is 0. The number of halogens is 1. The fourth-order valence-electron chi connectivity index (χ4n) is 1.88. The van der Waals surface area contributed by atoms with Crippen LogP contribution in [0.15, 0.2) is 22.9 Å². The Morgan fingerprint density at radius 1 is 1.37 bits per heavy atom. The Labute approximate surface area is 111 Å². The van der Waals surface area contributed by atoms with Gasteiger partial charge in [-0.25, -0.2) is 9.37 Å². The smallest absolute Gasteiger partial charge is 0.231 e. The molecule has 0 saturated heterocycles. The van der Waals surface area contributed by atoms with Gasteiger partial charge in [0.15, 0.2) is 0 Å². The normalized spacial score (nSPS) is 12.9. The van der Waals surface area contributed by atoms with Crippen LogP contribution >= 0.6 is 0 Å². The van der Waals surface area contributed by atoms with Crippen molar-refractivity contribution in [3.8, 4) is 11.5 Å². The number of pyridine rings is 1. The van der Waals surface area contributed by atoms with Crippen molar-refractivity contribution < 1.29 is 8.91 Å². The van der Waals surface area contributed by atoms with Gasteiger partial charge in [-0.15, -0.1) is 0 Å². The van der Waals surface area contributed by atoms with E-state index in [1.54, 1.807) is 0 Å². The van der Waals surface area contributed by atoms with Gasteiger partial charge in [0.1, 0.15) is 11.5 Å². The number of hydrogen-bond donors (Lipinski definition) is 1. The van der Waals surface area contributed by atoms with Crippen LogP contribution < -0.4 is 5.73 Å². The summed E-state index contributed by atoms with van der Waals surface area (Å²) in [6, 6.07) is 2.83. The fraction of sp³-hybridized carbons (Fsp3) is 0.462. The van der Waals surface area contributed by atoms with Crippen LogP contribution in [0, 0.1) is 11.7 Å². The van der Waals surface area contributed by atoms with Crippen molar-refractivity contribution in [2.45, 2.75) is 26.2 Å². The van der Waals surface area contributed by atoms with Gasteiger partial charge in [0.05, 0.1) is 12.1 Å². The maximum Gasteiger partial charge on any atom is 0.231 e. The van der Waals surface area contributed by atoms with Gasteiger partial charge in [0, 0.05) is 6.54 Å². The molecule has 1 unspecified atom stereocenters. The average Bonchev–Trinajstić information content (AvgIpc) is 2.86. The van der Waals surface area contributed by atoms with Gasteiger partial charge in [0.25, 0.3) is 0 Å². The van der Waals surface area contributed by atoms with E-state index in [0.29, 0.717) is 29.9 Å². The number of rotatable bonds is 5. The third-order valence-electron chi connectivity index (χ3n) is 2.79. The molecule has 2 N–H and O–H groups in total. The summed E-state index contributed by atoms with van der Waals surface area (Å²) in [5.41, 5.74) is 6.21. The molecule has 0 aromatic carbocycles. The molecular formula is C13H17FN4O. The van der Waals surface area contributed by atoms with E-state index in [1.165, 1.54) is 12.1 Å². The zero-order chi connectivity index (χ0) is 13.8. The molecule has 6 heteroatoms. The monoisotopic (exact) mass is 264 g/mol. The van der Waals surface area contributed by atoms with Crippen LogP contribution in [0.25, 0.3) is 11.5 Å². The van der Waals surface area contributed by atoms with E-state index in [0.717, 1.165) is 12.6 Å². The Hall–Kier alpha value is -1.82. The summed E-state index contributed by atoms with van der Waals surface area (Å²) in [5, 5.41) is 3.87. The molecule has 0 aliphatic rings. The molecule has 2 heterocycles. The lowest BCUT2D eigenvalue weighted by atomic mass is 9.97. The summed E-state index contributed by atoms with van der Waals surface area (Å²) in [6.45, 7) is 4.68. The van der Waals surface area contributed by atoms with E-state index >= 15 is 0 Å². The molecule has 2 aromatic rings. The summed E-state index contributed by atoms with van der Waals surface area (Å²) >= 11 is 0. The Morgan fingerprint density at radius 2 is 2.16 bits per heavy atom. The first kappa shape index (κ1) is 13.6. The van der Waals surface area contributed by atoms with Crippen LogP contribution in [0.4, 0.5) is 4.39 Å². The van der Waals surface area contributed by atoms with Gasteiger partial charge >= 0.3 is 0 Å². The number of nitrogens with zero attached hydrogens (tertiary/aromatic N) is 3. The molecule has 2 rings (SSSR count). The average molecular weight is 264 g/mol. The summed E-state index contributed by atoms with van der Waals surface area (Å²) in [4.78, 5) is 8.21. The van der Waals surface area contributed by atoms with Crippen molar-refractivity contribution in [1.82, 2.24) is 15.1 Å². The molecule has 19 heavy (non-hydrogen) atoms. The Balaban J connectivity index is 2.20. The number of hydrogen-bond acceptors (Lipinski definition) is 5. The van der Waals surface area contributed by atoms with Gasteiger partial charge in [-0.3, -0.25) is 0 Å². The summed E-state index contributed by atoms with van der Waals surface area (Å²) < 4.78 is 18.0. The fourth-order valence-corrected chi connectivity index (χ4v) is 1.88. The molecule has 0 fully saturated rings. The third kappa shape index (κ3) is 3.35. The second kappa shape index (κ2) is 5.88. The standard InChI is InChI=1S/C13H17FN4O/c1-8(2)5-9(6-15)13-17-12(18-19-13)11-4-3-10(14)7-16-11/h3-4,7-9H,5-6,15H2,1-2H3. The van der Waals surface area contributed by atoms with E-state index in [9.17, 15) is 4.39 Å². The lowest BCUT2D eigenvalue weighted by Crippen LogP contribution is -2.15. The van der Waals surface area contributed by atoms with E-state index in [2.05, 4.69) is 29.0 Å². The van der Waals surface area contributed by atoms with Crippen LogP contribution in [0.1, 0.15) is 32.1 Å². The largest absolute Gasteiger partial charge is 0.339 e. The van der Waals surface area contributed by atoms with Crippen molar-refractivity contribution in [2.75, 3.05) is 6.54 Å². The minimum Gasteiger partial charge on any atom is -0.339 e. The molecule has 0 saturated carbocycles. The van der Waals surface area contributed by atoms with Crippen LogP contribution in [0.3, 0.4) is 0 Å². The second-order valence-electron chi connectivity index (χ2n) is 4.88. The minimum atomic E-state index is -0.396. The Bertz CT molecular complexity index is 524. The molecular weight excluding hydrogens is 247 g/mol. The van der Waals surface area contributed by atoms with Crippen molar-refractivity contribution in [3.05, 3.63) is 30.0 Å². The van der Waals surface area contributed by atoms with Crippen LogP contribution in [0.5, 0.6) is 0 Å². The van der Waals surface area contributed by atoms with Gasteiger partial charge in [-0.05, 0) is 24.5 Å². The highest BCUT2D eigenvalue weighted by molar-refractivity contribution is 5.47. The minimum absolute atomic E-state index is 0.0432. The molecule has 0 spiro atoms. The SMILES string of the molecule is CC(C)CC(CN)c1nc(-c2ccc(F)cn2)no1. The Morgan fingerprint density at radius 3 is 2.74 bits per heavy atom. The zero-order valence-corrected chi connectivity index (χ0v) is 11.0. The van der Waals surface area contributed by atoms with Crippen molar-refractivity contribution >= 4 is 0 Å². The maximum absolute atomic E-state index is 12.8. The molecule has 0 radical (unpaired) electrons. The summed E-state index contributed by atoms with van der Waals surface area (Å²) in [6.07, 6.45) is 2.01. The Kier molecular flexibility index (Phi) is 4.21. The first-order valence-corrected chi connectivity index (χ1v) is 6.25. The molecule has 0 aliphatic carbocycles. The van der Waals surface area contributed by atoms with Crippen LogP contribution in [-0.2, 0) is 0 Å². The molecule has 102 valence electrons. The van der Waals surface area contributed by atoms with Gasteiger partial charge in [0.2, 0.25) is 11.7 Å². The molecule has 2 aromatic heterocycles. The second-order valence-corrected chi connectivity index (χ2v) is 4.88. The quantitative estimate of drug-likeness (QED) is 0.896. The van der Waals surface area contributed by atoms with E-state index in [-0.39, 0.29) is 5.92 Å². The van der Waals surface area contributed by atoms with Crippen molar-refractivity contribution in [3.63, 3.8) is 0 Å². The topological polar surface area (TPSA) is 77.8 Å². The van der Waals surface area contributed by atoms with E-state index in [4.69, 9.17) is 10.3 Å². The molecule has 0 amide bonds. The molecule has 5 nitrogen and oxygen atoms in total. The molecule has 0 bridgehead atoms. The van der Waals surface area contributed by atoms with Crippen molar-refractivity contribution in [1.29, 1.82) is 0 Å². The first-order chi connectivity index (χ1) is 9.10. The van der Waals surface area contributed by atoms with Gasteiger partial charge < -0.3 is 10.3 Å². The number of aromatic nitrogens is 3. The molecule has 0 aliphatic heterocycles. The first-order valence-electron chi connectivity index (χ1n) is 6.25. The lowest BCUT2D eigenvalue weighted by molar-refractivity contribution is 0.334. The zero-order valence-electron chi connectivity index (χ0n) is 11.0. The highest BCUT2D eigenvalue weighted by atomic mass is 19.1. The number of nitrogens with two attached hydrogens (primary N) is 1. The van der Waals surface area contributed by atoms with Gasteiger partial charge in [-0.2, -0.15) is 4.98 Å². The highest BCUT2D eigenvalue weighted by Gasteiger charge is 2.19. The van der Waals surface area contributed by atoms with Gasteiger partial charge in [-0.1, -0.05) is 19.0 Å². The highest BCUT2D eigenvalue weighted by Crippen LogP contribution is 2.23. The third-order valence-corrected chi connectivity index (χ3v) is 2.79. The van der Waals surface area contributed by atoms with Crippen LogP contribution in [0.2, 0.25) is 0 Å². The predicted molar refractivity (Wildman–Crippen MR) is 68.7 cm³/mol. The van der Waals surface area contributed by atoms with E-state index in [1.807, 2.05) is 0 Å². The summed E-state index contributed by atoms with van der Waals surface area (Å²) in [5.74, 6) is 1.01. The van der Waals surface area contributed by atoms with E-state index < -0.39 is 5.82 Å².